The molecule has 2 aromatic rings. The van der Waals surface area contributed by atoms with Crippen molar-refractivity contribution >= 4 is 45.7 Å². The quantitative estimate of drug-likeness (QED) is 0.0947. The van der Waals surface area contributed by atoms with E-state index in [0.717, 1.165) is 12.8 Å². The van der Waals surface area contributed by atoms with Gasteiger partial charge in [-0.05, 0) is 63.1 Å². The topological polar surface area (TPSA) is 207 Å². The molecule has 1 aliphatic heterocycles. The van der Waals surface area contributed by atoms with Gasteiger partial charge in [-0.1, -0.05) is 12.1 Å². The van der Waals surface area contributed by atoms with E-state index in [0.29, 0.717) is 24.2 Å². The Kier molecular flexibility index (Phi) is 12.8. The standard InChI is InChI=1S/C31H39N5O9S/c1-4-43-28(38)18-24(35-30(39)21-10-12-25(13-11-21)46(41,42)36-14-6-7-15-36)19-45-27-17-23(29(32)33)9-8-22(27)16-26(34-20(3)37)31(40)44-5-2/h8-13,16-17,24H,4-7,14-15,18-19H2,1-3H3,(H3,32,33)(H,34,37)(H,35,39)/b26-16+/t24-/m1/s1. The number of carbonyl (C=O) groups is 4. The number of carbonyl (C=O) groups excluding carboxylic acids is 4. The maximum Gasteiger partial charge on any atom is 0.354 e. The highest BCUT2D eigenvalue weighted by Gasteiger charge is 2.27. The van der Waals surface area contributed by atoms with E-state index in [9.17, 15) is 27.6 Å². The maximum atomic E-state index is 13.2. The van der Waals surface area contributed by atoms with E-state index in [4.69, 9.17) is 25.4 Å². The molecule has 0 unspecified atom stereocenters. The molecule has 5 N–H and O–H groups in total. The number of ether oxygens (including phenoxy) is 3. The van der Waals surface area contributed by atoms with Crippen LogP contribution in [0.4, 0.5) is 0 Å². The van der Waals surface area contributed by atoms with Gasteiger partial charge < -0.3 is 30.6 Å². The minimum absolute atomic E-state index is 0.0641. The molecule has 2 aromatic carbocycles. The van der Waals surface area contributed by atoms with Crippen LogP contribution in [0.3, 0.4) is 0 Å². The molecule has 1 atom stereocenters. The zero-order valence-electron chi connectivity index (χ0n) is 26.0. The second-order valence-electron chi connectivity index (χ2n) is 10.3. The minimum atomic E-state index is -3.66. The Bertz CT molecular complexity index is 1580. The number of hydrogen-bond acceptors (Lipinski definition) is 10. The normalized spacial score (nSPS) is 14.2. The third-order valence-corrected chi connectivity index (χ3v) is 8.66. The average molecular weight is 658 g/mol. The number of rotatable bonds is 15. The van der Waals surface area contributed by atoms with Crippen LogP contribution in [0.1, 0.15) is 61.5 Å². The predicted molar refractivity (Wildman–Crippen MR) is 168 cm³/mol. The molecule has 0 aliphatic carbocycles. The van der Waals surface area contributed by atoms with Crippen molar-refractivity contribution in [2.24, 2.45) is 5.73 Å². The Balaban J connectivity index is 1.87. The van der Waals surface area contributed by atoms with Crippen LogP contribution in [0.15, 0.2) is 53.1 Å². The number of amides is 2. The van der Waals surface area contributed by atoms with E-state index in [-0.39, 0.29) is 54.0 Å². The van der Waals surface area contributed by atoms with Crippen molar-refractivity contribution in [3.8, 4) is 5.75 Å². The minimum Gasteiger partial charge on any atom is -0.491 e. The van der Waals surface area contributed by atoms with Gasteiger partial charge in [-0.15, -0.1) is 0 Å². The number of nitrogen functional groups attached to an aromatic ring is 1. The van der Waals surface area contributed by atoms with Gasteiger partial charge in [-0.2, -0.15) is 4.31 Å². The molecule has 15 heteroatoms. The molecule has 1 fully saturated rings. The van der Waals surface area contributed by atoms with Gasteiger partial charge in [0.1, 0.15) is 23.9 Å². The average Bonchev–Trinajstić information content (AvgIpc) is 3.56. The first-order chi connectivity index (χ1) is 21.8. The summed E-state index contributed by atoms with van der Waals surface area (Å²) in [4.78, 5) is 49.9. The Morgan fingerprint density at radius 1 is 1.00 bits per heavy atom. The number of sulfonamides is 1. The maximum absolute atomic E-state index is 13.2. The fourth-order valence-electron chi connectivity index (χ4n) is 4.53. The number of esters is 2. The van der Waals surface area contributed by atoms with Crippen LogP contribution in [0, 0.1) is 5.41 Å². The highest BCUT2D eigenvalue weighted by molar-refractivity contribution is 7.89. The molecule has 1 aliphatic rings. The summed E-state index contributed by atoms with van der Waals surface area (Å²) in [5.41, 5.74) is 6.26. The number of benzene rings is 2. The van der Waals surface area contributed by atoms with Gasteiger partial charge in [-0.3, -0.25) is 19.8 Å². The molecule has 0 spiro atoms. The van der Waals surface area contributed by atoms with Gasteiger partial charge in [0.2, 0.25) is 15.9 Å². The first-order valence-corrected chi connectivity index (χ1v) is 16.1. The van der Waals surface area contributed by atoms with E-state index in [1.165, 1.54) is 59.8 Å². The predicted octanol–water partition coefficient (Wildman–Crippen LogP) is 1.93. The highest BCUT2D eigenvalue weighted by Crippen LogP contribution is 2.25. The lowest BCUT2D eigenvalue weighted by Gasteiger charge is -2.20. The molecule has 248 valence electrons. The first-order valence-electron chi connectivity index (χ1n) is 14.7. The van der Waals surface area contributed by atoms with E-state index < -0.39 is 39.8 Å². The molecule has 0 bridgehead atoms. The second-order valence-corrected chi connectivity index (χ2v) is 12.2. The zero-order valence-corrected chi connectivity index (χ0v) is 26.8. The van der Waals surface area contributed by atoms with Crippen LogP contribution in [-0.4, -0.2) is 81.3 Å². The smallest absolute Gasteiger partial charge is 0.354 e. The SMILES string of the molecule is CCOC(=O)C[C@H](COc1cc(C(=N)N)ccc1/C=C(/NC(C)=O)C(=O)OCC)NC(=O)c1ccc(S(=O)(=O)N2CCCC2)cc1. The summed E-state index contributed by atoms with van der Waals surface area (Å²) in [6, 6.07) is 9.05. The third-order valence-electron chi connectivity index (χ3n) is 6.74. The Morgan fingerprint density at radius 2 is 1.63 bits per heavy atom. The Labute approximate surface area is 267 Å². The van der Waals surface area contributed by atoms with Gasteiger partial charge in [-0.25, -0.2) is 13.2 Å². The molecule has 0 aromatic heterocycles. The number of hydrogen-bond donors (Lipinski definition) is 4. The summed E-state index contributed by atoms with van der Waals surface area (Å²) in [5.74, 6) is -2.63. The summed E-state index contributed by atoms with van der Waals surface area (Å²) < 4.78 is 43.2. The molecule has 1 saturated heterocycles. The third kappa shape index (κ3) is 9.87. The Morgan fingerprint density at radius 3 is 2.22 bits per heavy atom. The summed E-state index contributed by atoms with van der Waals surface area (Å²) in [6.07, 6.45) is 2.65. The lowest BCUT2D eigenvalue weighted by molar-refractivity contribution is -0.144. The van der Waals surface area contributed by atoms with Crippen molar-refractivity contribution in [3.05, 3.63) is 64.9 Å². The second kappa shape index (κ2) is 16.5. The molecule has 14 nitrogen and oxygen atoms in total. The van der Waals surface area contributed by atoms with Crippen molar-refractivity contribution in [1.82, 2.24) is 14.9 Å². The molecule has 1 heterocycles. The van der Waals surface area contributed by atoms with Gasteiger partial charge in [0.15, 0.2) is 0 Å². The van der Waals surface area contributed by atoms with Crippen molar-refractivity contribution in [2.45, 2.75) is 51.0 Å². The summed E-state index contributed by atoms with van der Waals surface area (Å²) >= 11 is 0. The lowest BCUT2D eigenvalue weighted by Crippen LogP contribution is -2.41. The molecule has 2 amide bonds. The van der Waals surface area contributed by atoms with Crippen LogP contribution >= 0.6 is 0 Å². The van der Waals surface area contributed by atoms with Gasteiger partial charge in [0, 0.05) is 36.7 Å². The van der Waals surface area contributed by atoms with E-state index in [1.54, 1.807) is 13.8 Å². The van der Waals surface area contributed by atoms with Gasteiger partial charge >= 0.3 is 11.9 Å². The monoisotopic (exact) mass is 657 g/mol. The van der Waals surface area contributed by atoms with Crippen LogP contribution in [-0.2, 0) is 33.9 Å². The van der Waals surface area contributed by atoms with E-state index in [2.05, 4.69) is 10.6 Å². The number of amidine groups is 1. The summed E-state index contributed by atoms with van der Waals surface area (Å²) in [5, 5.41) is 13.0. The van der Waals surface area contributed by atoms with Crippen molar-refractivity contribution in [1.29, 1.82) is 5.41 Å². The molecule has 3 rings (SSSR count). The fourth-order valence-corrected chi connectivity index (χ4v) is 6.05. The first kappa shape index (κ1) is 35.7. The molecular formula is C31H39N5O9S. The van der Waals surface area contributed by atoms with Crippen LogP contribution in [0.5, 0.6) is 5.75 Å². The van der Waals surface area contributed by atoms with Gasteiger partial charge in [0.25, 0.3) is 5.91 Å². The van der Waals surface area contributed by atoms with Crippen molar-refractivity contribution < 1.29 is 41.8 Å². The van der Waals surface area contributed by atoms with Crippen molar-refractivity contribution in [2.75, 3.05) is 32.9 Å². The number of nitrogens with one attached hydrogen (secondary N) is 3. The summed E-state index contributed by atoms with van der Waals surface area (Å²) in [7, 11) is -3.66. The summed E-state index contributed by atoms with van der Waals surface area (Å²) in [6.45, 7) is 5.30. The van der Waals surface area contributed by atoms with E-state index >= 15 is 0 Å². The van der Waals surface area contributed by atoms with Gasteiger partial charge in [0.05, 0.1) is 30.6 Å². The van der Waals surface area contributed by atoms with E-state index in [1.807, 2.05) is 0 Å². The van der Waals surface area contributed by atoms with Crippen LogP contribution in [0.25, 0.3) is 6.08 Å². The largest absolute Gasteiger partial charge is 0.491 e. The lowest BCUT2D eigenvalue weighted by atomic mass is 10.1. The Hall–Kier alpha value is -4.76. The fraction of sp³-hybridized carbons (Fsp3) is 0.387. The van der Waals surface area contributed by atoms with Crippen molar-refractivity contribution in [3.63, 3.8) is 0 Å². The number of nitrogens with zero attached hydrogens (tertiary/aromatic N) is 1. The zero-order chi connectivity index (χ0) is 33.9. The molecule has 0 saturated carbocycles. The molecular weight excluding hydrogens is 618 g/mol. The van der Waals surface area contributed by atoms with Crippen LogP contribution < -0.4 is 21.1 Å². The van der Waals surface area contributed by atoms with Crippen LogP contribution in [0.2, 0.25) is 0 Å². The molecule has 0 radical (unpaired) electrons. The number of nitrogens with two attached hydrogens (primary N) is 1. The highest BCUT2D eigenvalue weighted by atomic mass is 32.2. The molecule has 46 heavy (non-hydrogen) atoms.